The van der Waals surface area contributed by atoms with Crippen LogP contribution in [0.3, 0.4) is 0 Å². The van der Waals surface area contributed by atoms with Gasteiger partial charge in [0.05, 0.1) is 12.3 Å². The molecular weight excluding hydrogens is 570 g/mol. The van der Waals surface area contributed by atoms with Crippen LogP contribution in [0.5, 0.6) is 5.75 Å². The molecular formula is C33H49NO10. The van der Waals surface area contributed by atoms with E-state index >= 15 is 0 Å². The smallest absolute Gasteiger partial charge is 0.337 e. The Labute approximate surface area is 259 Å². The number of aliphatic carboxylic acids is 3. The number of ketones is 1. The van der Waals surface area contributed by atoms with E-state index < -0.39 is 47.8 Å². The Bertz CT molecular complexity index is 1080. The van der Waals surface area contributed by atoms with Gasteiger partial charge in [0, 0.05) is 19.3 Å². The molecule has 0 aliphatic rings. The summed E-state index contributed by atoms with van der Waals surface area (Å²) in [6.07, 6.45) is 13.8. The zero-order valence-corrected chi connectivity index (χ0v) is 25.7. The molecule has 0 bridgehead atoms. The summed E-state index contributed by atoms with van der Waals surface area (Å²) in [6, 6.07) is 4.08. The molecule has 44 heavy (non-hydrogen) atoms. The number of carboxylic acids is 3. The third-order valence-electron chi connectivity index (χ3n) is 7.54. The molecule has 1 rings (SSSR count). The molecule has 0 saturated heterocycles. The second-order valence-corrected chi connectivity index (χ2v) is 11.3. The van der Waals surface area contributed by atoms with E-state index in [1.807, 2.05) is 0 Å². The lowest BCUT2D eigenvalue weighted by molar-refractivity contribution is -0.172. The van der Waals surface area contributed by atoms with Gasteiger partial charge in [-0.15, -0.1) is 0 Å². The highest BCUT2D eigenvalue weighted by Crippen LogP contribution is 2.26. The van der Waals surface area contributed by atoms with Gasteiger partial charge in [0.2, 0.25) is 5.91 Å². The first-order valence-corrected chi connectivity index (χ1v) is 15.6. The Morgan fingerprint density at radius 2 is 1.36 bits per heavy atom. The quantitative estimate of drug-likeness (QED) is 0.0638. The molecule has 0 radical (unpaired) electrons. The number of phenols is 1. The van der Waals surface area contributed by atoms with E-state index in [-0.39, 0.29) is 18.0 Å². The lowest BCUT2D eigenvalue weighted by Crippen LogP contribution is -2.55. The molecule has 0 aromatic heterocycles. The third kappa shape index (κ3) is 15.1. The Kier molecular flexibility index (Phi) is 18.3. The molecule has 0 aliphatic heterocycles. The van der Waals surface area contributed by atoms with Crippen molar-refractivity contribution in [2.45, 2.75) is 121 Å². The molecule has 11 nitrogen and oxygen atoms in total. The molecule has 1 aromatic carbocycles. The van der Waals surface area contributed by atoms with Crippen molar-refractivity contribution in [3.05, 3.63) is 42.0 Å². The van der Waals surface area contributed by atoms with Crippen LogP contribution < -0.4 is 5.32 Å². The average Bonchev–Trinajstić information content (AvgIpc) is 2.95. The third-order valence-corrected chi connectivity index (χ3v) is 7.54. The van der Waals surface area contributed by atoms with Crippen LogP contribution in [0.25, 0.3) is 0 Å². The summed E-state index contributed by atoms with van der Waals surface area (Å²) < 4.78 is 0. The number of rotatable bonds is 25. The molecule has 1 aromatic rings. The van der Waals surface area contributed by atoms with Crippen molar-refractivity contribution in [1.82, 2.24) is 5.32 Å². The monoisotopic (exact) mass is 619 g/mol. The van der Waals surface area contributed by atoms with Crippen molar-refractivity contribution in [2.24, 2.45) is 5.92 Å². The molecule has 0 fully saturated rings. The Hall–Kier alpha value is -3.73. The fourth-order valence-electron chi connectivity index (χ4n) is 4.92. The van der Waals surface area contributed by atoms with Crippen molar-refractivity contribution in [2.75, 3.05) is 0 Å². The predicted molar refractivity (Wildman–Crippen MR) is 164 cm³/mol. The van der Waals surface area contributed by atoms with Gasteiger partial charge in [-0.2, -0.15) is 0 Å². The minimum absolute atomic E-state index is 0.0395. The van der Waals surface area contributed by atoms with Crippen LogP contribution in [0, 0.1) is 5.92 Å². The Balaban J connectivity index is 2.68. The van der Waals surface area contributed by atoms with E-state index in [1.165, 1.54) is 62.4 Å². The summed E-state index contributed by atoms with van der Waals surface area (Å²) in [5, 5.41) is 51.0. The van der Waals surface area contributed by atoms with Gasteiger partial charge < -0.3 is 30.8 Å². The largest absolute Gasteiger partial charge is 0.508 e. The fraction of sp³-hybridized carbons (Fsp3) is 0.606. The van der Waals surface area contributed by atoms with E-state index in [0.717, 1.165) is 38.2 Å². The summed E-state index contributed by atoms with van der Waals surface area (Å²) in [5.74, 6) is -7.82. The molecule has 11 heteroatoms. The van der Waals surface area contributed by atoms with Gasteiger partial charge in [-0.05, 0) is 43.4 Å². The number of allylic oxidation sites excluding steroid dienone is 1. The summed E-state index contributed by atoms with van der Waals surface area (Å²) >= 11 is 0. The fourth-order valence-corrected chi connectivity index (χ4v) is 4.92. The summed E-state index contributed by atoms with van der Waals surface area (Å²) in [4.78, 5) is 60.4. The summed E-state index contributed by atoms with van der Waals surface area (Å²) in [5.41, 5.74) is -2.56. The van der Waals surface area contributed by atoms with Crippen LogP contribution in [0.15, 0.2) is 36.4 Å². The van der Waals surface area contributed by atoms with E-state index in [9.17, 15) is 49.5 Å². The first kappa shape index (κ1) is 38.3. The van der Waals surface area contributed by atoms with E-state index in [0.29, 0.717) is 31.2 Å². The van der Waals surface area contributed by atoms with Gasteiger partial charge in [-0.3, -0.25) is 14.4 Å². The van der Waals surface area contributed by atoms with Crippen LogP contribution in [0.2, 0.25) is 0 Å². The summed E-state index contributed by atoms with van der Waals surface area (Å²) in [6.45, 7) is 2.18. The second-order valence-electron chi connectivity index (χ2n) is 11.3. The van der Waals surface area contributed by atoms with Gasteiger partial charge in [-0.1, -0.05) is 82.6 Å². The minimum Gasteiger partial charge on any atom is -0.508 e. The highest BCUT2D eigenvalue weighted by molar-refractivity contribution is 5.94. The molecule has 0 heterocycles. The van der Waals surface area contributed by atoms with Gasteiger partial charge in [0.15, 0.2) is 5.60 Å². The standard InChI is InChI=1S/C33H49NO10/c1-2-3-4-5-6-9-12-15-25(35)16-13-10-7-8-11-14-17-27(33(44,32(42)43)23-29(37)38)30(39)34-28(31(40)41)22-24-18-20-26(36)21-19-24/h14,17-21,27-28,36,44H,2-13,15-16,22-23H2,1H3,(H,34,39)(H,37,38)(H,40,41)(H,42,43)/b17-14+. The van der Waals surface area contributed by atoms with Crippen molar-refractivity contribution < 1.29 is 49.5 Å². The zero-order valence-electron chi connectivity index (χ0n) is 25.7. The molecule has 246 valence electrons. The predicted octanol–water partition coefficient (Wildman–Crippen LogP) is 5.02. The lowest BCUT2D eigenvalue weighted by Gasteiger charge is -2.29. The number of hydrogen-bond donors (Lipinski definition) is 6. The minimum atomic E-state index is -3.02. The van der Waals surface area contributed by atoms with Crippen molar-refractivity contribution in [1.29, 1.82) is 0 Å². The number of amides is 1. The maximum Gasteiger partial charge on any atom is 0.337 e. The number of carboxylic acid groups (broad SMARTS) is 3. The number of nitrogens with one attached hydrogen (secondary N) is 1. The van der Waals surface area contributed by atoms with E-state index in [4.69, 9.17) is 0 Å². The van der Waals surface area contributed by atoms with Gasteiger partial charge in [-0.25, -0.2) is 9.59 Å². The number of benzene rings is 1. The number of aromatic hydroxyl groups is 1. The molecule has 1 amide bonds. The van der Waals surface area contributed by atoms with E-state index in [1.54, 1.807) is 0 Å². The van der Waals surface area contributed by atoms with Gasteiger partial charge in [0.1, 0.15) is 17.6 Å². The number of hydrogen-bond acceptors (Lipinski definition) is 7. The highest BCUT2D eigenvalue weighted by atomic mass is 16.4. The van der Waals surface area contributed by atoms with Crippen molar-refractivity contribution in [3.8, 4) is 5.75 Å². The number of carbonyl (C=O) groups is 5. The topological polar surface area (TPSA) is 199 Å². The normalized spacial score (nSPS) is 14.0. The van der Waals surface area contributed by atoms with Gasteiger partial charge in [0.25, 0.3) is 0 Å². The highest BCUT2D eigenvalue weighted by Gasteiger charge is 2.49. The van der Waals surface area contributed by atoms with Crippen LogP contribution in [0.4, 0.5) is 0 Å². The Morgan fingerprint density at radius 3 is 1.89 bits per heavy atom. The zero-order chi connectivity index (χ0) is 33.0. The molecule has 0 spiro atoms. The number of Topliss-reactive ketones (excluding diaryl/α,β-unsaturated/α-hetero) is 1. The molecule has 3 unspecified atom stereocenters. The van der Waals surface area contributed by atoms with Crippen LogP contribution in [-0.4, -0.2) is 66.8 Å². The van der Waals surface area contributed by atoms with Crippen LogP contribution in [-0.2, 0) is 30.4 Å². The van der Waals surface area contributed by atoms with Crippen LogP contribution >= 0.6 is 0 Å². The van der Waals surface area contributed by atoms with E-state index in [2.05, 4.69) is 12.2 Å². The van der Waals surface area contributed by atoms with Crippen LogP contribution in [0.1, 0.15) is 109 Å². The number of carbonyl (C=O) groups excluding carboxylic acids is 2. The maximum absolute atomic E-state index is 13.1. The SMILES string of the molecule is CCCCCCCCCC(=O)CCCCCC/C=C/C(C(=O)NC(Cc1ccc(O)cc1)C(=O)O)C(O)(CC(=O)O)C(=O)O. The maximum atomic E-state index is 13.1. The van der Waals surface area contributed by atoms with Crippen molar-refractivity contribution in [3.63, 3.8) is 0 Å². The molecule has 0 aliphatic carbocycles. The number of phenolic OH excluding ortho intramolecular Hbond substituents is 1. The second kappa shape index (κ2) is 21.1. The Morgan fingerprint density at radius 1 is 0.818 bits per heavy atom. The molecule has 3 atom stereocenters. The average molecular weight is 620 g/mol. The number of unbranched alkanes of at least 4 members (excludes halogenated alkanes) is 10. The van der Waals surface area contributed by atoms with Gasteiger partial charge >= 0.3 is 17.9 Å². The van der Waals surface area contributed by atoms with Crippen molar-refractivity contribution >= 4 is 29.6 Å². The lowest BCUT2D eigenvalue weighted by atomic mass is 9.82. The molecule has 0 saturated carbocycles. The summed E-state index contributed by atoms with van der Waals surface area (Å²) in [7, 11) is 0. The first-order valence-electron chi connectivity index (χ1n) is 15.6. The molecule has 6 N–H and O–H groups in total. The number of aliphatic hydroxyl groups is 1. The first-order chi connectivity index (χ1) is 20.9.